The summed E-state index contributed by atoms with van der Waals surface area (Å²) in [5, 5.41) is 12.4. The van der Waals surface area contributed by atoms with Crippen molar-refractivity contribution in [3.63, 3.8) is 0 Å². The summed E-state index contributed by atoms with van der Waals surface area (Å²) < 4.78 is 20.3. The summed E-state index contributed by atoms with van der Waals surface area (Å²) in [4.78, 5) is 20.8. The van der Waals surface area contributed by atoms with E-state index in [1.807, 2.05) is 12.4 Å². The predicted octanol–water partition coefficient (Wildman–Crippen LogP) is 0.168. The maximum Gasteiger partial charge on any atom is 0.488 e. The minimum Gasteiger partial charge on any atom is -0.383 e. The fourth-order valence-corrected chi connectivity index (χ4v) is 1.95. The maximum absolute atomic E-state index is 11.6. The topological polar surface area (TPSA) is 117 Å². The smallest absolute Gasteiger partial charge is 0.383 e. The van der Waals surface area contributed by atoms with Gasteiger partial charge in [-0.15, -0.1) is 0 Å². The Hall–Kier alpha value is -0.500. The van der Waals surface area contributed by atoms with Gasteiger partial charge in [0.05, 0.1) is 6.61 Å². The number of phosphoric ester groups is 1. The van der Waals surface area contributed by atoms with Gasteiger partial charge in [0.1, 0.15) is 6.10 Å². The van der Waals surface area contributed by atoms with Crippen molar-refractivity contribution in [2.24, 2.45) is 5.41 Å². The molecule has 0 rings (SSSR count). The van der Waals surface area contributed by atoms with Gasteiger partial charge in [-0.25, -0.2) is 4.57 Å². The molecule has 0 saturated heterocycles. The van der Waals surface area contributed by atoms with Crippen LogP contribution in [0.3, 0.4) is 0 Å². The van der Waals surface area contributed by atoms with Gasteiger partial charge >= 0.3 is 7.82 Å². The van der Waals surface area contributed by atoms with Crippen molar-refractivity contribution in [3.8, 4) is 0 Å². The zero-order valence-corrected chi connectivity index (χ0v) is 12.6. The quantitative estimate of drug-likeness (QED) is 0.354. The molecule has 0 aromatic rings. The Bertz CT molecular complexity index is 336. The van der Waals surface area contributed by atoms with E-state index < -0.39 is 25.2 Å². The van der Waals surface area contributed by atoms with Gasteiger partial charge in [-0.2, -0.15) is 10.1 Å². The number of rotatable bonds is 9. The van der Waals surface area contributed by atoms with Gasteiger partial charge < -0.3 is 15.3 Å². The molecule has 0 aromatic carbocycles. The number of aliphatic hydroxyl groups excluding tert-OH is 1. The van der Waals surface area contributed by atoms with Gasteiger partial charge in [0.2, 0.25) is 5.91 Å². The van der Waals surface area contributed by atoms with E-state index in [4.69, 9.17) is 4.52 Å². The fourth-order valence-electron chi connectivity index (χ4n) is 1.17. The lowest BCUT2D eigenvalue weighted by molar-refractivity contribution is -0.137. The van der Waals surface area contributed by atoms with Crippen LogP contribution in [0.25, 0.3) is 0 Å². The Kier molecular flexibility index (Phi) is 7.73. The summed E-state index contributed by atoms with van der Waals surface area (Å²) in [6.45, 7) is 5.11. The van der Waals surface area contributed by atoms with Crippen molar-refractivity contribution in [3.05, 3.63) is 0 Å². The first-order valence-electron chi connectivity index (χ1n) is 5.94. The zero-order chi connectivity index (χ0) is 15.1. The van der Waals surface area contributed by atoms with Gasteiger partial charge in [-0.3, -0.25) is 9.32 Å². The molecule has 0 radical (unpaired) electrons. The SMILES string of the molecule is CCCNC(=O)C(O)C(C)(C)COP(=O)(O)ONC. The molecular formula is C10H23N2O6P. The maximum atomic E-state index is 11.6. The molecule has 2 atom stereocenters. The van der Waals surface area contributed by atoms with E-state index in [0.29, 0.717) is 6.54 Å². The summed E-state index contributed by atoms with van der Waals surface area (Å²) in [6.07, 6.45) is -0.606. The van der Waals surface area contributed by atoms with Crippen LogP contribution in [0.2, 0.25) is 0 Å². The number of phosphoric acid groups is 1. The van der Waals surface area contributed by atoms with Crippen LogP contribution in [0.4, 0.5) is 0 Å². The highest BCUT2D eigenvalue weighted by Gasteiger charge is 2.36. The molecule has 1 amide bonds. The molecule has 8 nitrogen and oxygen atoms in total. The molecule has 19 heavy (non-hydrogen) atoms. The third kappa shape index (κ3) is 7.00. The van der Waals surface area contributed by atoms with E-state index in [9.17, 15) is 19.4 Å². The van der Waals surface area contributed by atoms with Crippen molar-refractivity contribution in [1.29, 1.82) is 0 Å². The summed E-state index contributed by atoms with van der Waals surface area (Å²) in [6, 6.07) is 0. The highest BCUT2D eigenvalue weighted by Crippen LogP contribution is 2.43. The number of carbonyl (C=O) groups is 1. The number of carbonyl (C=O) groups excluding carboxylic acids is 1. The normalized spacial score (nSPS) is 16.7. The molecule has 0 aliphatic heterocycles. The molecule has 0 aliphatic rings. The standard InChI is InChI=1S/C10H23N2O6P/c1-5-6-12-9(14)8(13)10(2,3)7-17-19(15,16)18-11-4/h8,11,13H,5-7H2,1-4H3,(H,12,14)(H,15,16). The van der Waals surface area contributed by atoms with E-state index in [1.54, 1.807) is 13.8 Å². The van der Waals surface area contributed by atoms with Crippen LogP contribution in [0, 0.1) is 5.41 Å². The molecule has 0 aromatic heterocycles. The van der Waals surface area contributed by atoms with E-state index in [2.05, 4.69) is 9.94 Å². The molecule has 0 aliphatic carbocycles. The van der Waals surface area contributed by atoms with Gasteiger partial charge in [-0.05, 0) is 6.42 Å². The van der Waals surface area contributed by atoms with Crippen LogP contribution in [-0.4, -0.2) is 42.2 Å². The van der Waals surface area contributed by atoms with Crippen LogP contribution >= 0.6 is 7.82 Å². The lowest BCUT2D eigenvalue weighted by Gasteiger charge is -2.29. The number of aliphatic hydroxyl groups is 1. The van der Waals surface area contributed by atoms with Crippen molar-refractivity contribution in [2.45, 2.75) is 33.3 Å². The number of nitrogens with one attached hydrogen (secondary N) is 2. The molecule has 0 heterocycles. The first-order chi connectivity index (χ1) is 8.66. The average Bonchev–Trinajstić information content (AvgIpc) is 2.33. The number of hydrogen-bond acceptors (Lipinski definition) is 6. The Morgan fingerprint density at radius 1 is 1.47 bits per heavy atom. The number of amides is 1. The predicted molar refractivity (Wildman–Crippen MR) is 69.0 cm³/mol. The molecule has 0 bridgehead atoms. The Labute approximate surface area is 113 Å². The molecular weight excluding hydrogens is 275 g/mol. The van der Waals surface area contributed by atoms with Gasteiger partial charge in [0.15, 0.2) is 0 Å². The molecule has 0 fully saturated rings. The Morgan fingerprint density at radius 2 is 2.05 bits per heavy atom. The average molecular weight is 298 g/mol. The Morgan fingerprint density at radius 3 is 2.53 bits per heavy atom. The van der Waals surface area contributed by atoms with Crippen LogP contribution < -0.4 is 10.8 Å². The van der Waals surface area contributed by atoms with Crippen molar-refractivity contribution < 1.29 is 28.5 Å². The Balaban J connectivity index is 4.44. The fraction of sp³-hybridized carbons (Fsp3) is 0.900. The van der Waals surface area contributed by atoms with Crippen molar-refractivity contribution in [2.75, 3.05) is 20.2 Å². The first-order valence-corrected chi connectivity index (χ1v) is 7.44. The van der Waals surface area contributed by atoms with Gasteiger partial charge in [0, 0.05) is 19.0 Å². The van der Waals surface area contributed by atoms with E-state index >= 15 is 0 Å². The first kappa shape index (κ1) is 18.5. The van der Waals surface area contributed by atoms with Gasteiger partial charge in [-0.1, -0.05) is 20.8 Å². The summed E-state index contributed by atoms with van der Waals surface area (Å²) in [7, 11) is -2.92. The minimum absolute atomic E-state index is 0.316. The van der Waals surface area contributed by atoms with Crippen LogP contribution in [-0.2, 0) is 18.5 Å². The summed E-state index contributed by atoms with van der Waals surface area (Å²) in [5.41, 5.74) is 1.01. The summed E-state index contributed by atoms with van der Waals surface area (Å²) in [5.74, 6) is -0.544. The molecule has 0 saturated carbocycles. The molecule has 9 heteroatoms. The number of hydrogen-bond donors (Lipinski definition) is 4. The lowest BCUT2D eigenvalue weighted by Crippen LogP contribution is -2.46. The third-order valence-corrected chi connectivity index (χ3v) is 3.21. The second-order valence-corrected chi connectivity index (χ2v) is 6.10. The molecule has 4 N–H and O–H groups in total. The van der Waals surface area contributed by atoms with Crippen LogP contribution in [0.5, 0.6) is 0 Å². The van der Waals surface area contributed by atoms with E-state index in [0.717, 1.165) is 6.42 Å². The molecule has 0 spiro atoms. The summed E-state index contributed by atoms with van der Waals surface area (Å²) >= 11 is 0. The van der Waals surface area contributed by atoms with Gasteiger partial charge in [0.25, 0.3) is 0 Å². The third-order valence-electron chi connectivity index (χ3n) is 2.34. The van der Waals surface area contributed by atoms with Crippen molar-refractivity contribution in [1.82, 2.24) is 10.8 Å². The number of hydroxylamine groups is 1. The molecule has 2 unspecified atom stereocenters. The van der Waals surface area contributed by atoms with E-state index in [1.165, 1.54) is 7.05 Å². The lowest BCUT2D eigenvalue weighted by atomic mass is 9.87. The minimum atomic E-state index is -4.23. The monoisotopic (exact) mass is 298 g/mol. The highest BCUT2D eigenvalue weighted by atomic mass is 31.2. The van der Waals surface area contributed by atoms with E-state index in [-0.39, 0.29) is 6.61 Å². The largest absolute Gasteiger partial charge is 0.488 e. The molecule has 114 valence electrons. The second kappa shape index (κ2) is 7.94. The van der Waals surface area contributed by atoms with Crippen LogP contribution in [0.1, 0.15) is 27.2 Å². The van der Waals surface area contributed by atoms with Crippen molar-refractivity contribution >= 4 is 13.7 Å². The second-order valence-electron chi connectivity index (χ2n) is 4.72. The van der Waals surface area contributed by atoms with Crippen LogP contribution in [0.15, 0.2) is 0 Å². The highest BCUT2D eigenvalue weighted by molar-refractivity contribution is 7.47. The zero-order valence-electron chi connectivity index (χ0n) is 11.7.